The molecule has 0 aromatic rings. The van der Waals surface area contributed by atoms with Crippen LogP contribution in [0.4, 0.5) is 0 Å². The maximum Gasteiger partial charge on any atom is 0.149 e. The molecule has 1 heterocycles. The average Bonchev–Trinajstić information content (AvgIpc) is 1.80. The van der Waals surface area contributed by atoms with E-state index in [-0.39, 0.29) is 0 Å². The fourth-order valence-corrected chi connectivity index (χ4v) is 0.474. The Hall–Kier alpha value is -1.45. The number of nitrogens with two attached hydrogens (primary N) is 2. The molecule has 0 saturated carbocycles. The summed E-state index contributed by atoms with van der Waals surface area (Å²) in [5.41, 5.74) is 11.2. The van der Waals surface area contributed by atoms with E-state index >= 15 is 0 Å². The van der Waals surface area contributed by atoms with Gasteiger partial charge in [0.2, 0.25) is 0 Å². The molecule has 1 rings (SSSR count). The quantitative estimate of drug-likeness (QED) is 0.396. The molecule has 0 radical (unpaired) electrons. The zero-order valence-electron chi connectivity index (χ0n) is 4.89. The van der Waals surface area contributed by atoms with E-state index in [2.05, 4.69) is 16.9 Å². The molecule has 0 saturated heterocycles. The number of hydrogen-bond donors (Lipinski definition) is 3. The molecule has 0 amide bonds. The van der Waals surface area contributed by atoms with E-state index in [0.717, 1.165) is 0 Å². The largest absolute Gasteiger partial charge is 0.382 e. The minimum absolute atomic E-state index is 0.343. The van der Waals surface area contributed by atoms with Crippen LogP contribution in [0.15, 0.2) is 29.3 Å². The number of rotatable bonds is 0. The van der Waals surface area contributed by atoms with Gasteiger partial charge in [-0.3, -0.25) is 0 Å². The summed E-state index contributed by atoms with van der Waals surface area (Å²) in [6.45, 7) is 3.56. The minimum Gasteiger partial charge on any atom is -0.382 e. The van der Waals surface area contributed by atoms with Gasteiger partial charge in [0.25, 0.3) is 0 Å². The predicted molar refractivity (Wildman–Crippen MR) is 36.2 cm³/mol. The molecular formula is C5H8N4. The topological polar surface area (TPSA) is 76.4 Å². The molecule has 0 fully saturated rings. The first kappa shape index (κ1) is 5.68. The highest BCUT2D eigenvalue weighted by Gasteiger charge is 2.02. The van der Waals surface area contributed by atoms with Crippen LogP contribution < -0.4 is 16.8 Å². The lowest BCUT2D eigenvalue weighted by molar-refractivity contribution is 1.03. The lowest BCUT2D eigenvalue weighted by Gasteiger charge is -2.09. The Kier molecular flexibility index (Phi) is 1.14. The Morgan fingerprint density at radius 1 is 1.56 bits per heavy atom. The molecule has 4 heteroatoms. The fraction of sp³-hybridized carbons (Fsp3) is 0. The monoisotopic (exact) mass is 124 g/mol. The number of aliphatic imine (C=N–C) groups is 1. The SMILES string of the molecule is C=C1NC=C(N)N=C1N. The molecule has 5 N–H and O–H groups in total. The van der Waals surface area contributed by atoms with Gasteiger partial charge in [0.1, 0.15) is 11.7 Å². The third-order valence-electron chi connectivity index (χ3n) is 0.953. The van der Waals surface area contributed by atoms with Gasteiger partial charge in [-0.2, -0.15) is 0 Å². The van der Waals surface area contributed by atoms with Crippen LogP contribution in [0.3, 0.4) is 0 Å². The van der Waals surface area contributed by atoms with Crippen LogP contribution in [0, 0.1) is 0 Å². The summed E-state index contributed by atoms with van der Waals surface area (Å²) < 4.78 is 0. The Morgan fingerprint density at radius 3 is 2.67 bits per heavy atom. The smallest absolute Gasteiger partial charge is 0.149 e. The molecule has 1 aliphatic rings. The van der Waals surface area contributed by atoms with Gasteiger partial charge in [-0.25, -0.2) is 4.99 Å². The van der Waals surface area contributed by atoms with Gasteiger partial charge in [-0.1, -0.05) is 6.58 Å². The van der Waals surface area contributed by atoms with Crippen molar-refractivity contribution in [2.24, 2.45) is 16.5 Å². The lowest BCUT2D eigenvalue weighted by atomic mass is 10.4. The molecule has 4 nitrogen and oxygen atoms in total. The Bertz CT molecular complexity index is 201. The van der Waals surface area contributed by atoms with Gasteiger partial charge in [0.15, 0.2) is 0 Å². The first-order valence-electron chi connectivity index (χ1n) is 2.46. The van der Waals surface area contributed by atoms with Crippen molar-refractivity contribution >= 4 is 5.84 Å². The Labute approximate surface area is 52.9 Å². The number of amidine groups is 1. The van der Waals surface area contributed by atoms with Crippen LogP contribution in [0.5, 0.6) is 0 Å². The third kappa shape index (κ3) is 1.02. The standard InChI is InChI=1S/C5H8N4/c1-3-5(7)9-4(6)2-8-3/h2,8H,1,6H2,(H2,7,9). The highest BCUT2D eigenvalue weighted by molar-refractivity contribution is 5.97. The maximum absolute atomic E-state index is 5.34. The van der Waals surface area contributed by atoms with E-state index in [1.807, 2.05) is 0 Å². The highest BCUT2D eigenvalue weighted by atomic mass is 15.1. The van der Waals surface area contributed by atoms with Gasteiger partial charge in [-0.05, 0) is 0 Å². The van der Waals surface area contributed by atoms with Crippen molar-refractivity contribution in [2.75, 3.05) is 0 Å². The third-order valence-corrected chi connectivity index (χ3v) is 0.953. The lowest BCUT2D eigenvalue weighted by Crippen LogP contribution is -2.27. The molecule has 0 spiro atoms. The molecule has 0 aliphatic carbocycles. The second kappa shape index (κ2) is 1.81. The summed E-state index contributed by atoms with van der Waals surface area (Å²) in [4.78, 5) is 3.73. The van der Waals surface area contributed by atoms with Gasteiger partial charge in [0, 0.05) is 6.20 Å². The average molecular weight is 124 g/mol. The van der Waals surface area contributed by atoms with Crippen molar-refractivity contribution in [3.05, 3.63) is 24.3 Å². The molecule has 0 aromatic heterocycles. The van der Waals surface area contributed by atoms with Crippen LogP contribution in [-0.2, 0) is 0 Å². The van der Waals surface area contributed by atoms with Crippen molar-refractivity contribution in [3.8, 4) is 0 Å². The van der Waals surface area contributed by atoms with Crippen molar-refractivity contribution < 1.29 is 0 Å². The van der Waals surface area contributed by atoms with E-state index < -0.39 is 0 Å². The van der Waals surface area contributed by atoms with Crippen molar-refractivity contribution in [3.63, 3.8) is 0 Å². The normalized spacial score (nSPS) is 18.0. The number of nitrogens with one attached hydrogen (secondary N) is 1. The summed E-state index contributed by atoms with van der Waals surface area (Å²) in [6, 6.07) is 0. The van der Waals surface area contributed by atoms with Crippen LogP contribution in [0.25, 0.3) is 0 Å². The summed E-state index contributed by atoms with van der Waals surface area (Å²) in [5, 5.41) is 2.74. The molecule has 0 bridgehead atoms. The second-order valence-electron chi connectivity index (χ2n) is 1.69. The molecule has 0 aromatic carbocycles. The second-order valence-corrected chi connectivity index (χ2v) is 1.69. The number of hydrogen-bond acceptors (Lipinski definition) is 4. The molecular weight excluding hydrogens is 116 g/mol. The Balaban J connectivity index is 2.87. The zero-order chi connectivity index (χ0) is 6.85. The van der Waals surface area contributed by atoms with Gasteiger partial charge >= 0.3 is 0 Å². The Morgan fingerprint density at radius 2 is 2.22 bits per heavy atom. The first-order chi connectivity index (χ1) is 4.20. The van der Waals surface area contributed by atoms with Crippen molar-refractivity contribution in [1.29, 1.82) is 0 Å². The summed E-state index contributed by atoms with van der Waals surface area (Å²) >= 11 is 0. The van der Waals surface area contributed by atoms with E-state index in [0.29, 0.717) is 17.4 Å². The van der Waals surface area contributed by atoms with Crippen LogP contribution in [0.1, 0.15) is 0 Å². The number of nitrogens with zero attached hydrogens (tertiary/aromatic N) is 1. The van der Waals surface area contributed by atoms with Crippen LogP contribution in [-0.4, -0.2) is 5.84 Å². The van der Waals surface area contributed by atoms with E-state index in [1.54, 1.807) is 6.20 Å². The van der Waals surface area contributed by atoms with E-state index in [4.69, 9.17) is 11.5 Å². The highest BCUT2D eigenvalue weighted by Crippen LogP contribution is 1.96. The molecule has 0 unspecified atom stereocenters. The van der Waals surface area contributed by atoms with Gasteiger partial charge in [-0.15, -0.1) is 0 Å². The molecule has 48 valence electrons. The summed E-state index contributed by atoms with van der Waals surface area (Å²) in [7, 11) is 0. The predicted octanol–water partition coefficient (Wildman–Crippen LogP) is -0.782. The van der Waals surface area contributed by atoms with Gasteiger partial charge in [0.05, 0.1) is 5.70 Å². The zero-order valence-corrected chi connectivity index (χ0v) is 4.89. The van der Waals surface area contributed by atoms with Crippen molar-refractivity contribution in [2.45, 2.75) is 0 Å². The van der Waals surface area contributed by atoms with E-state index in [1.165, 1.54) is 0 Å². The van der Waals surface area contributed by atoms with Gasteiger partial charge < -0.3 is 16.8 Å². The van der Waals surface area contributed by atoms with E-state index in [9.17, 15) is 0 Å². The van der Waals surface area contributed by atoms with Crippen molar-refractivity contribution in [1.82, 2.24) is 5.32 Å². The molecule has 1 aliphatic heterocycles. The van der Waals surface area contributed by atoms with Crippen LogP contribution in [0.2, 0.25) is 0 Å². The molecule has 9 heavy (non-hydrogen) atoms. The first-order valence-corrected chi connectivity index (χ1v) is 2.46. The summed E-state index contributed by atoms with van der Waals surface area (Å²) in [5.74, 6) is 0.718. The fourth-order valence-electron chi connectivity index (χ4n) is 0.474. The van der Waals surface area contributed by atoms with Crippen LogP contribution >= 0.6 is 0 Å². The molecule has 0 atom stereocenters. The summed E-state index contributed by atoms with van der Waals surface area (Å²) in [6.07, 6.45) is 1.54. The minimum atomic E-state index is 0.343. The maximum atomic E-state index is 5.34.